The topological polar surface area (TPSA) is 36.9 Å². The van der Waals surface area contributed by atoms with E-state index in [0.29, 0.717) is 5.75 Å². The van der Waals surface area contributed by atoms with Gasteiger partial charge in [0, 0.05) is 22.7 Å². The summed E-state index contributed by atoms with van der Waals surface area (Å²) in [5, 5.41) is 0. The summed E-state index contributed by atoms with van der Waals surface area (Å²) in [6.45, 7) is 0.0522. The van der Waals surface area contributed by atoms with Crippen LogP contribution in [0, 0.1) is 0 Å². The lowest BCUT2D eigenvalue weighted by Crippen LogP contribution is -2.57. The van der Waals surface area contributed by atoms with Gasteiger partial charge in [0.15, 0.2) is 0 Å². The number of ether oxygens (including phenoxy) is 4. The fourth-order valence-electron chi connectivity index (χ4n) is 12.2. The second-order valence-electron chi connectivity index (χ2n) is 22.3. The second-order valence-corrected chi connectivity index (χ2v) is 22.3. The van der Waals surface area contributed by atoms with E-state index in [0.717, 1.165) is 84.7 Å². The van der Waals surface area contributed by atoms with Gasteiger partial charge in [-0.25, -0.2) is 0 Å². The maximum Gasteiger partial charge on any atom is 0.260 e. The van der Waals surface area contributed by atoms with Crippen LogP contribution in [-0.2, 0) is 0 Å². The van der Waals surface area contributed by atoms with Gasteiger partial charge < -0.3 is 18.9 Å². The Morgan fingerprint density at radius 1 is 0.222 bits per heavy atom. The largest absolute Gasteiger partial charge is 0.458 e. The first kappa shape index (κ1) is 56.2. The highest BCUT2D eigenvalue weighted by Crippen LogP contribution is 2.43. The monoisotopic (exact) mass is 1160 g/mol. The fourth-order valence-corrected chi connectivity index (χ4v) is 12.2. The van der Waals surface area contributed by atoms with Crippen LogP contribution in [0.5, 0.6) is 46.0 Å². The van der Waals surface area contributed by atoms with Crippen molar-refractivity contribution in [3.8, 4) is 135 Å². The van der Waals surface area contributed by atoms with Crippen LogP contribution in [0.2, 0.25) is 0 Å². The van der Waals surface area contributed by atoms with Gasteiger partial charge in [-0.1, -0.05) is 250 Å². The van der Waals surface area contributed by atoms with E-state index >= 15 is 0 Å². The Bertz CT molecular complexity index is 4840. The standard InChI is InChI=1S/C42H27BO2.C42H30O2.CH4/c1-2-11-28(12-3-1)29-13-8-14-30(25-29)31-15-9-16-32(26-31)33-17-10-18-34(27-33)35-23-24-40-41-42(35)45-39-22-7-5-20-37(39)43(41)36-19-4-6-21-38(36)44-40;1-4-13-31(14-5-1)32-15-10-16-33(27-32)34-17-11-18-35(28-34)36-19-12-20-37(29-36)41-26-25-40(43-38-21-6-2-7-22-38)30-42(41)44-39-23-8-3-9-24-39;/h1-27H;1-30H;1H4. The summed E-state index contributed by atoms with van der Waals surface area (Å²) in [5.41, 5.74) is 21.9. The molecule has 0 atom stereocenters. The average Bonchev–Trinajstić information content (AvgIpc) is 0.776. The molecule has 0 amide bonds. The van der Waals surface area contributed by atoms with Crippen molar-refractivity contribution < 1.29 is 18.9 Å². The van der Waals surface area contributed by atoms with Crippen LogP contribution in [0.15, 0.2) is 346 Å². The van der Waals surface area contributed by atoms with E-state index in [4.69, 9.17) is 18.9 Å². The fraction of sp³-hybridized carbons (Fsp3) is 0.0118. The molecule has 14 aromatic rings. The predicted octanol–water partition coefficient (Wildman–Crippen LogP) is 21.7. The summed E-state index contributed by atoms with van der Waals surface area (Å²) in [7, 11) is 0. The van der Waals surface area contributed by atoms with Crippen molar-refractivity contribution in [2.75, 3.05) is 0 Å². The summed E-state index contributed by atoms with van der Waals surface area (Å²) >= 11 is 0. The molecule has 0 N–H and O–H groups in total. The molecular weight excluding hydrogens is 1100 g/mol. The van der Waals surface area contributed by atoms with E-state index < -0.39 is 0 Å². The number of benzene rings is 14. The number of rotatable bonds is 12. The van der Waals surface area contributed by atoms with Crippen LogP contribution in [-0.4, -0.2) is 6.71 Å². The first-order valence-electron chi connectivity index (χ1n) is 30.1. The van der Waals surface area contributed by atoms with Crippen LogP contribution in [0.4, 0.5) is 0 Å². The summed E-state index contributed by atoms with van der Waals surface area (Å²) in [6, 6.07) is 120. The smallest absolute Gasteiger partial charge is 0.260 e. The zero-order chi connectivity index (χ0) is 59.3. The predicted molar refractivity (Wildman–Crippen MR) is 374 cm³/mol. The Kier molecular flexibility index (Phi) is 15.8. The first-order chi connectivity index (χ1) is 44.1. The molecule has 16 rings (SSSR count). The molecule has 4 nitrogen and oxygen atoms in total. The van der Waals surface area contributed by atoms with Gasteiger partial charge in [-0.15, -0.1) is 0 Å². The molecule has 5 heteroatoms. The molecule has 0 spiro atoms. The highest BCUT2D eigenvalue weighted by atomic mass is 16.5. The molecule has 0 saturated heterocycles. The normalized spacial score (nSPS) is 11.4. The zero-order valence-corrected chi connectivity index (χ0v) is 48.6. The van der Waals surface area contributed by atoms with Gasteiger partial charge in [0.2, 0.25) is 0 Å². The van der Waals surface area contributed by atoms with E-state index in [1.807, 2.05) is 84.9 Å². The second kappa shape index (κ2) is 25.4. The lowest BCUT2D eigenvalue weighted by atomic mass is 9.34. The minimum atomic E-state index is 0. The molecule has 90 heavy (non-hydrogen) atoms. The van der Waals surface area contributed by atoms with Gasteiger partial charge >= 0.3 is 0 Å². The third-order valence-electron chi connectivity index (χ3n) is 16.6. The van der Waals surface area contributed by atoms with Crippen molar-refractivity contribution in [3.63, 3.8) is 0 Å². The van der Waals surface area contributed by atoms with Crippen molar-refractivity contribution in [2.45, 2.75) is 7.43 Å². The van der Waals surface area contributed by atoms with E-state index in [1.165, 1.54) is 61.0 Å². The number of hydrogen-bond donors (Lipinski definition) is 0. The Morgan fingerprint density at radius 2 is 0.556 bits per heavy atom. The van der Waals surface area contributed by atoms with E-state index in [2.05, 4.69) is 261 Å². The van der Waals surface area contributed by atoms with Crippen LogP contribution in [0.1, 0.15) is 7.43 Å². The third kappa shape index (κ3) is 11.7. The van der Waals surface area contributed by atoms with Crippen molar-refractivity contribution in [1.82, 2.24) is 0 Å². The molecular formula is C85H61BO4. The molecule has 0 radical (unpaired) electrons. The van der Waals surface area contributed by atoms with Crippen LogP contribution >= 0.6 is 0 Å². The highest BCUT2D eigenvalue weighted by molar-refractivity contribution is 6.98. The SMILES string of the molecule is C.c1ccc(-c2cccc(-c3cccc(-c4cccc(-c5ccc6c7c5Oc5ccccc5B7c5ccccc5O6)c4)c3)c2)cc1.c1ccc(Oc2ccc(-c3cccc(-c4cccc(-c5cccc(-c6ccccc6)c5)c4)c3)c(Oc3ccccc3)c2)cc1. The van der Waals surface area contributed by atoms with Gasteiger partial charge in [0.1, 0.15) is 46.0 Å². The van der Waals surface area contributed by atoms with E-state index in [1.54, 1.807) is 0 Å². The number of fused-ring (bicyclic) bond motifs is 4. The maximum atomic E-state index is 6.72. The van der Waals surface area contributed by atoms with E-state index in [-0.39, 0.29) is 14.1 Å². The van der Waals surface area contributed by atoms with Gasteiger partial charge in [-0.05, 0) is 186 Å². The lowest BCUT2D eigenvalue weighted by Gasteiger charge is -2.34. The summed E-state index contributed by atoms with van der Waals surface area (Å²) in [6.07, 6.45) is 0. The molecule has 0 aliphatic carbocycles. The molecule has 14 aromatic carbocycles. The molecule has 0 saturated carbocycles. The van der Waals surface area contributed by atoms with Crippen molar-refractivity contribution >= 4 is 23.1 Å². The minimum Gasteiger partial charge on any atom is -0.458 e. The highest BCUT2D eigenvalue weighted by Gasteiger charge is 2.41. The molecule has 0 aromatic heterocycles. The zero-order valence-electron chi connectivity index (χ0n) is 48.6. The minimum absolute atomic E-state index is 0. The Hall–Kier alpha value is -11.7. The Labute approximate surface area is 527 Å². The Balaban J connectivity index is 0.000000156. The Morgan fingerprint density at radius 3 is 1.01 bits per heavy atom. The van der Waals surface area contributed by atoms with Crippen molar-refractivity contribution in [1.29, 1.82) is 0 Å². The molecule has 0 bridgehead atoms. The summed E-state index contributed by atoms with van der Waals surface area (Å²) in [4.78, 5) is 0. The molecule has 0 unspecified atom stereocenters. The summed E-state index contributed by atoms with van der Waals surface area (Å²) in [5.74, 6) is 6.52. The van der Waals surface area contributed by atoms with Crippen molar-refractivity contribution in [3.05, 3.63) is 346 Å². The van der Waals surface area contributed by atoms with Crippen molar-refractivity contribution in [2.24, 2.45) is 0 Å². The molecule has 2 aliphatic heterocycles. The molecule has 2 aliphatic rings. The third-order valence-corrected chi connectivity index (χ3v) is 16.6. The molecule has 428 valence electrons. The first-order valence-corrected chi connectivity index (χ1v) is 30.1. The van der Waals surface area contributed by atoms with Crippen LogP contribution < -0.4 is 35.3 Å². The van der Waals surface area contributed by atoms with Gasteiger partial charge in [-0.3, -0.25) is 0 Å². The average molecular weight is 1160 g/mol. The molecule has 2 heterocycles. The quantitative estimate of drug-likeness (QED) is 0.114. The number of para-hydroxylation sites is 4. The van der Waals surface area contributed by atoms with Crippen LogP contribution in [0.25, 0.3) is 89.0 Å². The van der Waals surface area contributed by atoms with Gasteiger partial charge in [0.05, 0.1) is 0 Å². The van der Waals surface area contributed by atoms with Gasteiger partial charge in [-0.2, -0.15) is 0 Å². The summed E-state index contributed by atoms with van der Waals surface area (Å²) < 4.78 is 25.7. The lowest BCUT2D eigenvalue weighted by molar-refractivity contribution is 0.461. The van der Waals surface area contributed by atoms with Crippen LogP contribution in [0.3, 0.4) is 0 Å². The number of hydrogen-bond acceptors (Lipinski definition) is 4. The van der Waals surface area contributed by atoms with E-state index in [9.17, 15) is 0 Å². The maximum absolute atomic E-state index is 6.72. The van der Waals surface area contributed by atoms with Gasteiger partial charge in [0.25, 0.3) is 6.71 Å². The molecule has 0 fully saturated rings.